The number of carbonyl (C=O) groups is 1. The van der Waals surface area contributed by atoms with Gasteiger partial charge >= 0.3 is 0 Å². The number of thioether (sulfide) groups is 1. The number of nitrogens with one attached hydrogen (secondary N) is 1. The van der Waals surface area contributed by atoms with Crippen molar-refractivity contribution in [1.29, 1.82) is 0 Å². The molecule has 0 aliphatic rings. The summed E-state index contributed by atoms with van der Waals surface area (Å²) in [5, 5.41) is 3.68. The Kier molecular flexibility index (Phi) is 7.66. The van der Waals surface area contributed by atoms with Gasteiger partial charge in [0.25, 0.3) is 5.91 Å². The highest BCUT2D eigenvalue weighted by Gasteiger charge is 2.13. The van der Waals surface area contributed by atoms with Crippen molar-refractivity contribution in [2.45, 2.75) is 25.3 Å². The lowest BCUT2D eigenvalue weighted by Crippen LogP contribution is -2.13. The summed E-state index contributed by atoms with van der Waals surface area (Å²) in [7, 11) is 0. The minimum atomic E-state index is -0.178. The predicted octanol–water partition coefficient (Wildman–Crippen LogP) is 6.60. The maximum absolute atomic E-state index is 12.8. The highest BCUT2D eigenvalue weighted by molar-refractivity contribution is 7.98. The first kappa shape index (κ1) is 22.1. The molecule has 156 valence electrons. The Morgan fingerprint density at radius 2 is 1.87 bits per heavy atom. The van der Waals surface area contributed by atoms with Crippen LogP contribution in [0.15, 0.2) is 65.6 Å². The van der Waals surface area contributed by atoms with Crippen LogP contribution in [-0.2, 0) is 6.61 Å². The Labute approximate surface area is 186 Å². The van der Waals surface area contributed by atoms with Crippen molar-refractivity contribution in [1.82, 2.24) is 0 Å². The zero-order valence-corrected chi connectivity index (χ0v) is 18.8. The van der Waals surface area contributed by atoms with E-state index in [1.807, 2.05) is 74.7 Å². The first-order chi connectivity index (χ1) is 14.5. The highest BCUT2D eigenvalue weighted by Crippen LogP contribution is 2.27. The van der Waals surface area contributed by atoms with Crippen LogP contribution in [0.3, 0.4) is 0 Å². The Bertz CT molecular complexity index is 1040. The van der Waals surface area contributed by atoms with Crippen LogP contribution in [0, 0.1) is 6.92 Å². The molecule has 0 radical (unpaired) electrons. The van der Waals surface area contributed by atoms with Crippen LogP contribution in [-0.4, -0.2) is 18.8 Å². The molecule has 0 bridgehead atoms. The van der Waals surface area contributed by atoms with Gasteiger partial charge in [-0.25, -0.2) is 0 Å². The van der Waals surface area contributed by atoms with Crippen molar-refractivity contribution >= 4 is 35.0 Å². The van der Waals surface area contributed by atoms with E-state index in [2.05, 4.69) is 5.32 Å². The second-order valence-corrected chi connectivity index (χ2v) is 7.86. The highest BCUT2D eigenvalue weighted by atomic mass is 35.5. The Morgan fingerprint density at radius 3 is 2.60 bits per heavy atom. The van der Waals surface area contributed by atoms with E-state index < -0.39 is 0 Å². The number of halogens is 1. The lowest BCUT2D eigenvalue weighted by Gasteiger charge is -2.14. The lowest BCUT2D eigenvalue weighted by atomic mass is 10.1. The van der Waals surface area contributed by atoms with Gasteiger partial charge in [-0.15, -0.1) is 11.8 Å². The van der Waals surface area contributed by atoms with Gasteiger partial charge in [0, 0.05) is 21.0 Å². The molecule has 0 fully saturated rings. The van der Waals surface area contributed by atoms with Crippen molar-refractivity contribution in [2.75, 3.05) is 18.2 Å². The molecule has 0 saturated carbocycles. The number of rotatable bonds is 8. The molecule has 30 heavy (non-hydrogen) atoms. The van der Waals surface area contributed by atoms with E-state index in [9.17, 15) is 4.79 Å². The SMILES string of the molecule is CCOc1ccc(C(=O)Nc2ccccc2SC)cc1COc1ccc(Cl)c(C)c1. The van der Waals surface area contributed by atoms with Crippen LogP contribution in [0.2, 0.25) is 5.02 Å². The molecular formula is C24H24ClNO3S. The standard InChI is InChI=1S/C24H24ClNO3S/c1-4-28-22-12-9-17(24(27)26-21-7-5-6-8-23(21)30-3)14-18(22)15-29-19-10-11-20(25)16(2)13-19/h5-14H,4,15H2,1-3H3,(H,26,27). The summed E-state index contributed by atoms with van der Waals surface area (Å²) in [5.41, 5.74) is 3.08. The first-order valence-electron chi connectivity index (χ1n) is 9.61. The number of hydrogen-bond acceptors (Lipinski definition) is 4. The molecule has 6 heteroatoms. The van der Waals surface area contributed by atoms with E-state index >= 15 is 0 Å². The van der Waals surface area contributed by atoms with Gasteiger partial charge in [-0.2, -0.15) is 0 Å². The molecule has 0 aliphatic heterocycles. The summed E-state index contributed by atoms with van der Waals surface area (Å²) in [6, 6.07) is 18.6. The number of carbonyl (C=O) groups excluding carboxylic acids is 1. The zero-order valence-electron chi connectivity index (χ0n) is 17.2. The molecule has 3 aromatic carbocycles. The Balaban J connectivity index is 1.80. The Hall–Kier alpha value is -2.63. The molecule has 0 unspecified atom stereocenters. The predicted molar refractivity (Wildman–Crippen MR) is 124 cm³/mol. The van der Waals surface area contributed by atoms with Crippen molar-refractivity contribution in [2.24, 2.45) is 0 Å². The zero-order chi connectivity index (χ0) is 21.5. The third kappa shape index (κ3) is 5.49. The molecule has 1 N–H and O–H groups in total. The van der Waals surface area contributed by atoms with Crippen LogP contribution in [0.5, 0.6) is 11.5 Å². The van der Waals surface area contributed by atoms with Crippen molar-refractivity contribution < 1.29 is 14.3 Å². The number of ether oxygens (including phenoxy) is 2. The quantitative estimate of drug-likeness (QED) is 0.400. The molecule has 1 amide bonds. The topological polar surface area (TPSA) is 47.6 Å². The number of anilines is 1. The average molecular weight is 442 g/mol. The molecule has 3 rings (SSSR count). The van der Waals surface area contributed by atoms with Gasteiger partial charge in [-0.3, -0.25) is 4.79 Å². The molecule has 0 atom stereocenters. The number of benzene rings is 3. The molecular weight excluding hydrogens is 418 g/mol. The fraction of sp³-hybridized carbons (Fsp3) is 0.208. The third-order valence-corrected chi connectivity index (χ3v) is 5.72. The van der Waals surface area contributed by atoms with E-state index in [1.165, 1.54) is 0 Å². The summed E-state index contributed by atoms with van der Waals surface area (Å²) in [5.74, 6) is 1.23. The molecule has 0 aliphatic carbocycles. The van der Waals surface area contributed by atoms with Gasteiger partial charge in [-0.05, 0) is 74.2 Å². The summed E-state index contributed by atoms with van der Waals surface area (Å²) in [4.78, 5) is 13.9. The monoisotopic (exact) mass is 441 g/mol. The first-order valence-corrected chi connectivity index (χ1v) is 11.2. The normalized spacial score (nSPS) is 10.5. The molecule has 4 nitrogen and oxygen atoms in total. The number of aryl methyl sites for hydroxylation is 1. The average Bonchev–Trinajstić information content (AvgIpc) is 2.76. The molecule has 0 saturated heterocycles. The molecule has 0 spiro atoms. The number of hydrogen-bond donors (Lipinski definition) is 1. The number of amides is 1. The van der Waals surface area contributed by atoms with E-state index in [4.69, 9.17) is 21.1 Å². The van der Waals surface area contributed by atoms with E-state index in [0.29, 0.717) is 28.7 Å². The smallest absolute Gasteiger partial charge is 0.255 e. The van der Waals surface area contributed by atoms with Gasteiger partial charge < -0.3 is 14.8 Å². The largest absolute Gasteiger partial charge is 0.493 e. The minimum absolute atomic E-state index is 0.178. The van der Waals surface area contributed by atoms with E-state index in [1.54, 1.807) is 17.8 Å². The second kappa shape index (κ2) is 10.4. The van der Waals surface area contributed by atoms with Gasteiger partial charge in [0.2, 0.25) is 0 Å². The minimum Gasteiger partial charge on any atom is -0.493 e. The van der Waals surface area contributed by atoms with Gasteiger partial charge in [0.1, 0.15) is 18.1 Å². The Morgan fingerprint density at radius 1 is 1.07 bits per heavy atom. The third-order valence-electron chi connectivity index (χ3n) is 4.50. The van der Waals surface area contributed by atoms with Crippen LogP contribution in [0.4, 0.5) is 5.69 Å². The van der Waals surface area contributed by atoms with E-state index in [0.717, 1.165) is 21.7 Å². The van der Waals surface area contributed by atoms with Gasteiger partial charge in [0.15, 0.2) is 0 Å². The maximum Gasteiger partial charge on any atom is 0.255 e. The van der Waals surface area contributed by atoms with Crippen LogP contribution >= 0.6 is 23.4 Å². The van der Waals surface area contributed by atoms with Gasteiger partial charge in [-0.1, -0.05) is 23.7 Å². The van der Waals surface area contributed by atoms with E-state index in [-0.39, 0.29) is 12.5 Å². The molecule has 3 aromatic rings. The van der Waals surface area contributed by atoms with Crippen LogP contribution in [0.1, 0.15) is 28.4 Å². The maximum atomic E-state index is 12.8. The van der Waals surface area contributed by atoms with Crippen LogP contribution in [0.25, 0.3) is 0 Å². The van der Waals surface area contributed by atoms with Crippen molar-refractivity contribution in [3.63, 3.8) is 0 Å². The summed E-state index contributed by atoms with van der Waals surface area (Å²) in [6.45, 7) is 4.66. The van der Waals surface area contributed by atoms with Crippen molar-refractivity contribution in [3.05, 3.63) is 82.4 Å². The second-order valence-electron chi connectivity index (χ2n) is 6.61. The van der Waals surface area contributed by atoms with Crippen LogP contribution < -0.4 is 14.8 Å². The number of para-hydroxylation sites is 1. The fourth-order valence-corrected chi connectivity index (χ4v) is 3.61. The summed E-state index contributed by atoms with van der Waals surface area (Å²) in [6.07, 6.45) is 1.98. The molecule has 0 aromatic heterocycles. The summed E-state index contributed by atoms with van der Waals surface area (Å²) >= 11 is 7.67. The van der Waals surface area contributed by atoms with Crippen molar-refractivity contribution in [3.8, 4) is 11.5 Å². The summed E-state index contributed by atoms with van der Waals surface area (Å²) < 4.78 is 11.7. The lowest BCUT2D eigenvalue weighted by molar-refractivity contribution is 0.102. The fourth-order valence-electron chi connectivity index (χ4n) is 2.94. The van der Waals surface area contributed by atoms with Gasteiger partial charge in [0.05, 0.1) is 12.3 Å². The molecule has 0 heterocycles.